The molecule has 4 aromatic rings. The monoisotopic (exact) mass is 573 g/mol. The van der Waals surface area contributed by atoms with Crippen LogP contribution in [0.4, 0.5) is 10.2 Å². The van der Waals surface area contributed by atoms with Crippen molar-refractivity contribution >= 4 is 39.1 Å². The van der Waals surface area contributed by atoms with E-state index in [2.05, 4.69) is 19.8 Å². The van der Waals surface area contributed by atoms with Crippen molar-refractivity contribution in [1.82, 2.24) is 19.9 Å². The fourth-order valence-corrected chi connectivity index (χ4v) is 8.36. The average Bonchev–Trinajstić information content (AvgIpc) is 3.62. The van der Waals surface area contributed by atoms with E-state index in [1.54, 1.807) is 6.20 Å². The first-order valence-corrected chi connectivity index (χ1v) is 15.2. The molecule has 2 bridgehead atoms. The highest BCUT2D eigenvalue weighted by molar-refractivity contribution is 6.36. The van der Waals surface area contributed by atoms with Gasteiger partial charge in [-0.3, -0.25) is 9.88 Å². The SMILES string of the molecule is O[C@H]1CN2CCC[C@@]2(COc2nc(N3CC4CCC(C4)C3)c3cnc(-c4cccc5cccc(Cl)c45)c(F)c3n2)C1. The molecule has 3 saturated heterocycles. The Hall–Kier alpha value is -3.07. The maximum atomic E-state index is 16.6. The second-order valence-electron chi connectivity index (χ2n) is 12.5. The largest absolute Gasteiger partial charge is 0.461 e. The summed E-state index contributed by atoms with van der Waals surface area (Å²) in [5.74, 6) is 1.45. The first kappa shape index (κ1) is 25.6. The summed E-state index contributed by atoms with van der Waals surface area (Å²) in [6.07, 6.45) is 7.78. The molecule has 4 fully saturated rings. The molecule has 0 amide bonds. The van der Waals surface area contributed by atoms with Gasteiger partial charge in [-0.15, -0.1) is 0 Å². The summed E-state index contributed by atoms with van der Waals surface area (Å²) < 4.78 is 22.9. The summed E-state index contributed by atoms with van der Waals surface area (Å²) in [5.41, 5.74) is 0.838. The van der Waals surface area contributed by atoms with Crippen molar-refractivity contribution in [1.29, 1.82) is 0 Å². The van der Waals surface area contributed by atoms with E-state index < -0.39 is 5.82 Å². The van der Waals surface area contributed by atoms with Gasteiger partial charge in [-0.25, -0.2) is 4.39 Å². The Bertz CT molecular complexity index is 1650. The van der Waals surface area contributed by atoms with Gasteiger partial charge in [0.25, 0.3) is 0 Å². The quantitative estimate of drug-likeness (QED) is 0.321. The number of β-amino-alcohol motifs (C(OH)–C–C–N with tert-alkyl or cyclic N) is 1. The van der Waals surface area contributed by atoms with Crippen LogP contribution in [0, 0.1) is 17.7 Å². The van der Waals surface area contributed by atoms with Crippen LogP contribution in [-0.4, -0.2) is 69.4 Å². The number of hydrogen-bond donors (Lipinski definition) is 1. The summed E-state index contributed by atoms with van der Waals surface area (Å²) in [5, 5.41) is 13.2. The maximum Gasteiger partial charge on any atom is 0.319 e. The maximum absolute atomic E-state index is 16.6. The molecular formula is C32H33ClFN5O2. The summed E-state index contributed by atoms with van der Waals surface area (Å²) in [7, 11) is 0. The third-order valence-electron chi connectivity index (χ3n) is 9.92. The minimum Gasteiger partial charge on any atom is -0.461 e. The van der Waals surface area contributed by atoms with Gasteiger partial charge in [0.05, 0.1) is 17.0 Å². The Morgan fingerprint density at radius 1 is 1.07 bits per heavy atom. The van der Waals surface area contributed by atoms with Gasteiger partial charge in [0.15, 0.2) is 5.82 Å². The van der Waals surface area contributed by atoms with E-state index in [-0.39, 0.29) is 28.9 Å². The number of ether oxygens (including phenoxy) is 1. The Morgan fingerprint density at radius 2 is 1.88 bits per heavy atom. The van der Waals surface area contributed by atoms with Gasteiger partial charge < -0.3 is 14.7 Å². The molecule has 0 radical (unpaired) electrons. The molecule has 9 heteroatoms. The Kier molecular flexibility index (Phi) is 6.09. The Balaban J connectivity index is 1.25. The minimum atomic E-state index is -0.500. The first-order chi connectivity index (χ1) is 20.0. The summed E-state index contributed by atoms with van der Waals surface area (Å²) in [6.45, 7) is 3.79. The van der Waals surface area contributed by atoms with Crippen LogP contribution in [0.3, 0.4) is 0 Å². The van der Waals surface area contributed by atoms with Crippen molar-refractivity contribution in [2.75, 3.05) is 37.7 Å². The fraction of sp³-hybridized carbons (Fsp3) is 0.469. The number of anilines is 1. The van der Waals surface area contributed by atoms with Crippen molar-refractivity contribution < 1.29 is 14.2 Å². The van der Waals surface area contributed by atoms with Gasteiger partial charge in [0, 0.05) is 41.8 Å². The number of aliphatic hydroxyl groups is 1. The highest BCUT2D eigenvalue weighted by atomic mass is 35.5. The van der Waals surface area contributed by atoms with Gasteiger partial charge >= 0.3 is 6.01 Å². The predicted molar refractivity (Wildman–Crippen MR) is 158 cm³/mol. The lowest BCUT2D eigenvalue weighted by Gasteiger charge is -2.34. The molecular weight excluding hydrogens is 541 g/mol. The molecule has 1 N–H and O–H groups in total. The zero-order chi connectivity index (χ0) is 27.7. The number of hydrogen-bond acceptors (Lipinski definition) is 7. The highest BCUT2D eigenvalue weighted by Gasteiger charge is 2.48. The summed E-state index contributed by atoms with van der Waals surface area (Å²) in [4.78, 5) is 18.8. The third-order valence-corrected chi connectivity index (χ3v) is 10.2. The number of piperidine rings is 1. The van der Waals surface area contributed by atoms with Crippen LogP contribution in [0.2, 0.25) is 5.02 Å². The van der Waals surface area contributed by atoms with Crippen molar-refractivity contribution in [3.8, 4) is 17.3 Å². The molecule has 2 aromatic heterocycles. The van der Waals surface area contributed by atoms with Crippen LogP contribution < -0.4 is 9.64 Å². The lowest BCUT2D eigenvalue weighted by atomic mass is 9.94. The van der Waals surface area contributed by atoms with E-state index in [0.29, 0.717) is 53.2 Å². The van der Waals surface area contributed by atoms with Gasteiger partial charge in [0.1, 0.15) is 23.6 Å². The second kappa shape index (κ2) is 9.75. The molecule has 212 valence electrons. The van der Waals surface area contributed by atoms with E-state index in [1.165, 1.54) is 19.3 Å². The number of nitrogens with zero attached hydrogens (tertiary/aromatic N) is 5. The van der Waals surface area contributed by atoms with E-state index in [1.807, 2.05) is 36.4 Å². The average molecular weight is 574 g/mol. The molecule has 4 atom stereocenters. The highest BCUT2D eigenvalue weighted by Crippen LogP contribution is 2.42. The van der Waals surface area contributed by atoms with Crippen LogP contribution in [-0.2, 0) is 0 Å². The fourth-order valence-electron chi connectivity index (χ4n) is 8.08. The van der Waals surface area contributed by atoms with Crippen molar-refractivity contribution in [3.63, 3.8) is 0 Å². The third kappa shape index (κ3) is 4.25. The Morgan fingerprint density at radius 3 is 2.71 bits per heavy atom. The smallest absolute Gasteiger partial charge is 0.319 e. The number of aromatic nitrogens is 3. The lowest BCUT2D eigenvalue weighted by molar-refractivity contribution is 0.107. The van der Waals surface area contributed by atoms with E-state index in [0.717, 1.165) is 43.2 Å². The number of rotatable bonds is 5. The molecule has 8 rings (SSSR count). The number of pyridine rings is 1. The standard InChI is InChI=1S/C32H33ClFN5O2/c33-25-7-2-5-21-4-1-6-23(26(21)25)28-27(34)29-24(14-35-28)30(38-15-19-8-9-20(12-19)16-38)37-31(36-29)41-18-32-10-3-11-39(32)17-22(40)13-32/h1-2,4-7,14,19-20,22,40H,3,8-13,15-18H2/t19?,20?,22-,32+/m1/s1. The van der Waals surface area contributed by atoms with Crippen molar-refractivity contribution in [2.45, 2.75) is 50.2 Å². The van der Waals surface area contributed by atoms with Crippen LogP contribution >= 0.6 is 11.6 Å². The first-order valence-electron chi connectivity index (χ1n) is 14.8. The van der Waals surface area contributed by atoms with E-state index in [9.17, 15) is 5.11 Å². The summed E-state index contributed by atoms with van der Waals surface area (Å²) in [6, 6.07) is 11.6. The molecule has 7 nitrogen and oxygen atoms in total. The Labute approximate surface area is 243 Å². The zero-order valence-corrected chi connectivity index (χ0v) is 23.7. The number of halogens is 2. The van der Waals surface area contributed by atoms with E-state index in [4.69, 9.17) is 21.3 Å². The molecule has 5 heterocycles. The topological polar surface area (TPSA) is 74.6 Å². The predicted octanol–water partition coefficient (Wildman–Crippen LogP) is 5.85. The van der Waals surface area contributed by atoms with Gasteiger partial charge in [0.2, 0.25) is 0 Å². The number of benzene rings is 2. The molecule has 2 aromatic carbocycles. The number of aliphatic hydroxyl groups excluding tert-OH is 1. The van der Waals surface area contributed by atoms with Crippen LogP contribution in [0.25, 0.3) is 32.9 Å². The second-order valence-corrected chi connectivity index (χ2v) is 12.9. The van der Waals surface area contributed by atoms with Gasteiger partial charge in [-0.05, 0) is 68.4 Å². The lowest BCUT2D eigenvalue weighted by Crippen LogP contribution is -2.43. The van der Waals surface area contributed by atoms with Gasteiger partial charge in [-0.2, -0.15) is 9.97 Å². The molecule has 0 spiro atoms. The summed E-state index contributed by atoms with van der Waals surface area (Å²) >= 11 is 6.60. The van der Waals surface area contributed by atoms with Crippen molar-refractivity contribution in [3.05, 3.63) is 53.4 Å². The van der Waals surface area contributed by atoms with E-state index >= 15 is 4.39 Å². The molecule has 4 aliphatic rings. The molecule has 2 unspecified atom stereocenters. The van der Waals surface area contributed by atoms with Crippen LogP contribution in [0.1, 0.15) is 38.5 Å². The number of fused-ring (bicyclic) bond motifs is 5. The molecule has 1 aliphatic carbocycles. The minimum absolute atomic E-state index is 0.181. The van der Waals surface area contributed by atoms with Crippen molar-refractivity contribution in [2.24, 2.45) is 11.8 Å². The molecule has 41 heavy (non-hydrogen) atoms. The van der Waals surface area contributed by atoms with Gasteiger partial charge in [-0.1, -0.05) is 41.9 Å². The molecule has 1 saturated carbocycles. The van der Waals surface area contributed by atoms with Crippen LogP contribution in [0.15, 0.2) is 42.6 Å². The molecule has 3 aliphatic heterocycles. The normalized spacial score (nSPS) is 27.7. The van der Waals surface area contributed by atoms with Crippen LogP contribution in [0.5, 0.6) is 6.01 Å². The zero-order valence-electron chi connectivity index (χ0n) is 22.9.